The van der Waals surface area contributed by atoms with E-state index in [9.17, 15) is 8.78 Å². The lowest BCUT2D eigenvalue weighted by molar-refractivity contribution is -0.0914. The number of thioether (sulfide) groups is 1. The number of hydrogen-bond acceptors (Lipinski definition) is 4. The van der Waals surface area contributed by atoms with E-state index >= 15 is 0 Å². The van der Waals surface area contributed by atoms with E-state index < -0.39 is 12.0 Å². The maximum atomic E-state index is 12.3. The van der Waals surface area contributed by atoms with E-state index in [-0.39, 0.29) is 0 Å². The van der Waals surface area contributed by atoms with Crippen molar-refractivity contribution in [3.8, 4) is 0 Å². The Morgan fingerprint density at radius 2 is 1.88 bits per heavy atom. The van der Waals surface area contributed by atoms with Crippen LogP contribution >= 0.6 is 11.8 Å². The van der Waals surface area contributed by atoms with Gasteiger partial charge in [0.05, 0.1) is 6.54 Å². The van der Waals surface area contributed by atoms with Gasteiger partial charge < -0.3 is 14.8 Å². The van der Waals surface area contributed by atoms with Gasteiger partial charge in [-0.2, -0.15) is 8.78 Å². The van der Waals surface area contributed by atoms with E-state index in [0.29, 0.717) is 28.9 Å². The molecular formula is C11H15F2NO2S. The predicted octanol–water partition coefficient (Wildman–Crippen LogP) is 3.03. The molecule has 0 saturated heterocycles. The van der Waals surface area contributed by atoms with E-state index in [1.165, 1.54) is 14.2 Å². The molecule has 0 aromatic heterocycles. The van der Waals surface area contributed by atoms with Gasteiger partial charge in [0.15, 0.2) is 6.29 Å². The molecule has 0 spiro atoms. The summed E-state index contributed by atoms with van der Waals surface area (Å²) in [4.78, 5) is 0.508. The van der Waals surface area contributed by atoms with Gasteiger partial charge in [-0.3, -0.25) is 0 Å². The Hall–Kier alpha value is -0.850. The molecule has 0 heterocycles. The molecular weight excluding hydrogens is 248 g/mol. The Kier molecular flexibility index (Phi) is 6.25. The van der Waals surface area contributed by atoms with Gasteiger partial charge in [-0.25, -0.2) is 0 Å². The summed E-state index contributed by atoms with van der Waals surface area (Å²) >= 11 is 0.514. The van der Waals surface area contributed by atoms with E-state index in [2.05, 4.69) is 5.32 Å². The molecule has 0 aliphatic carbocycles. The molecule has 0 radical (unpaired) electrons. The fraction of sp³-hybridized carbons (Fsp3) is 0.455. The summed E-state index contributed by atoms with van der Waals surface area (Å²) < 4.78 is 34.6. The van der Waals surface area contributed by atoms with Crippen LogP contribution in [0.15, 0.2) is 29.2 Å². The third kappa shape index (κ3) is 4.89. The number of alkyl halides is 2. The highest BCUT2D eigenvalue weighted by Gasteiger charge is 2.11. The van der Waals surface area contributed by atoms with E-state index in [4.69, 9.17) is 9.47 Å². The van der Waals surface area contributed by atoms with Crippen molar-refractivity contribution in [2.45, 2.75) is 16.9 Å². The SMILES string of the molecule is COC(CNc1ccccc1SC(F)F)OC. The van der Waals surface area contributed by atoms with Crippen molar-refractivity contribution in [3.63, 3.8) is 0 Å². The molecule has 0 amide bonds. The Balaban J connectivity index is 2.63. The topological polar surface area (TPSA) is 30.5 Å². The van der Waals surface area contributed by atoms with Crippen molar-refractivity contribution in [2.24, 2.45) is 0 Å². The van der Waals surface area contributed by atoms with Crippen LogP contribution in [-0.2, 0) is 9.47 Å². The van der Waals surface area contributed by atoms with Crippen molar-refractivity contribution in [2.75, 3.05) is 26.1 Å². The van der Waals surface area contributed by atoms with Crippen LogP contribution in [0, 0.1) is 0 Å². The first-order valence-corrected chi connectivity index (χ1v) is 5.88. The summed E-state index contributed by atoms with van der Waals surface area (Å²) in [6.45, 7) is 0.397. The summed E-state index contributed by atoms with van der Waals surface area (Å²) in [5, 5.41) is 3.02. The van der Waals surface area contributed by atoms with E-state index in [1.54, 1.807) is 24.3 Å². The van der Waals surface area contributed by atoms with Gasteiger partial charge in [0.25, 0.3) is 5.76 Å². The zero-order chi connectivity index (χ0) is 12.7. The molecule has 0 saturated carbocycles. The largest absolute Gasteiger partial charge is 0.379 e. The molecule has 1 N–H and O–H groups in total. The smallest absolute Gasteiger partial charge is 0.288 e. The van der Waals surface area contributed by atoms with Crippen LogP contribution in [0.1, 0.15) is 0 Å². The number of methoxy groups -OCH3 is 2. The van der Waals surface area contributed by atoms with Crippen LogP contribution in [-0.4, -0.2) is 32.8 Å². The van der Waals surface area contributed by atoms with Gasteiger partial charge >= 0.3 is 0 Å². The Bertz CT molecular complexity index is 335. The third-order valence-electron chi connectivity index (χ3n) is 2.09. The second-order valence-corrected chi connectivity index (χ2v) is 4.19. The molecule has 0 aliphatic heterocycles. The monoisotopic (exact) mass is 263 g/mol. The molecule has 0 bridgehead atoms. The average Bonchev–Trinajstić information content (AvgIpc) is 2.31. The molecule has 0 fully saturated rings. The Morgan fingerprint density at radius 3 is 2.47 bits per heavy atom. The third-order valence-corrected chi connectivity index (χ3v) is 2.88. The molecule has 1 aromatic rings. The molecule has 6 heteroatoms. The molecule has 1 rings (SSSR count). The normalized spacial score (nSPS) is 11.2. The first kappa shape index (κ1) is 14.2. The summed E-state index contributed by atoms with van der Waals surface area (Å²) in [6, 6.07) is 6.90. The van der Waals surface area contributed by atoms with Gasteiger partial charge in [-0.1, -0.05) is 23.9 Å². The minimum atomic E-state index is -2.43. The van der Waals surface area contributed by atoms with Crippen LogP contribution in [0.2, 0.25) is 0 Å². The summed E-state index contributed by atoms with van der Waals surface area (Å²) in [6.07, 6.45) is -0.403. The van der Waals surface area contributed by atoms with Crippen molar-refractivity contribution < 1.29 is 18.3 Å². The van der Waals surface area contributed by atoms with Gasteiger partial charge in [0.1, 0.15) is 0 Å². The highest BCUT2D eigenvalue weighted by molar-refractivity contribution is 7.99. The fourth-order valence-corrected chi connectivity index (χ4v) is 1.88. The number of ether oxygens (including phenoxy) is 2. The van der Waals surface area contributed by atoms with Crippen molar-refractivity contribution >= 4 is 17.4 Å². The summed E-state index contributed by atoms with van der Waals surface area (Å²) in [5.41, 5.74) is 0.650. The number of halogens is 2. The molecule has 0 unspecified atom stereocenters. The maximum Gasteiger partial charge on any atom is 0.288 e. The standard InChI is InChI=1S/C11H15F2NO2S/c1-15-10(16-2)7-14-8-5-3-4-6-9(8)17-11(12)13/h3-6,10-11,14H,7H2,1-2H3. The van der Waals surface area contributed by atoms with Gasteiger partial charge in [-0.05, 0) is 12.1 Å². The number of rotatable bonds is 7. The molecule has 0 aliphatic rings. The lowest BCUT2D eigenvalue weighted by Gasteiger charge is -2.16. The number of para-hydroxylation sites is 1. The summed E-state index contributed by atoms with van der Waals surface area (Å²) in [5.74, 6) is -2.43. The van der Waals surface area contributed by atoms with E-state index in [0.717, 1.165) is 0 Å². The highest BCUT2D eigenvalue weighted by Crippen LogP contribution is 2.31. The van der Waals surface area contributed by atoms with Crippen molar-refractivity contribution in [3.05, 3.63) is 24.3 Å². The minimum absolute atomic E-state index is 0.397. The lowest BCUT2D eigenvalue weighted by Crippen LogP contribution is -2.23. The quantitative estimate of drug-likeness (QED) is 0.605. The predicted molar refractivity (Wildman–Crippen MR) is 64.6 cm³/mol. The van der Waals surface area contributed by atoms with Crippen LogP contribution in [0.5, 0.6) is 0 Å². The van der Waals surface area contributed by atoms with Gasteiger partial charge in [0, 0.05) is 24.8 Å². The van der Waals surface area contributed by atoms with Crippen LogP contribution in [0.3, 0.4) is 0 Å². The Labute approximate surface area is 103 Å². The molecule has 3 nitrogen and oxygen atoms in total. The first-order chi connectivity index (χ1) is 8.17. The first-order valence-electron chi connectivity index (χ1n) is 5.00. The second kappa shape index (κ2) is 7.47. The van der Waals surface area contributed by atoms with Crippen molar-refractivity contribution in [1.29, 1.82) is 0 Å². The number of anilines is 1. The molecule has 96 valence electrons. The second-order valence-electron chi connectivity index (χ2n) is 3.16. The highest BCUT2D eigenvalue weighted by atomic mass is 32.2. The number of nitrogens with one attached hydrogen (secondary N) is 1. The average molecular weight is 263 g/mol. The summed E-state index contributed by atoms with van der Waals surface area (Å²) in [7, 11) is 3.05. The van der Waals surface area contributed by atoms with Crippen molar-refractivity contribution in [1.82, 2.24) is 0 Å². The zero-order valence-electron chi connectivity index (χ0n) is 9.65. The van der Waals surface area contributed by atoms with Crippen LogP contribution in [0.25, 0.3) is 0 Å². The minimum Gasteiger partial charge on any atom is -0.379 e. The lowest BCUT2D eigenvalue weighted by atomic mass is 10.3. The van der Waals surface area contributed by atoms with Crippen LogP contribution in [0.4, 0.5) is 14.5 Å². The molecule has 0 atom stereocenters. The number of hydrogen-bond donors (Lipinski definition) is 1. The molecule has 1 aromatic carbocycles. The van der Waals surface area contributed by atoms with Crippen LogP contribution < -0.4 is 5.32 Å². The zero-order valence-corrected chi connectivity index (χ0v) is 10.5. The Morgan fingerprint density at radius 1 is 1.24 bits per heavy atom. The maximum absolute atomic E-state index is 12.3. The van der Waals surface area contributed by atoms with Gasteiger partial charge in [-0.15, -0.1) is 0 Å². The number of benzene rings is 1. The van der Waals surface area contributed by atoms with Gasteiger partial charge in [0.2, 0.25) is 0 Å². The van der Waals surface area contributed by atoms with E-state index in [1.807, 2.05) is 0 Å². The molecule has 17 heavy (non-hydrogen) atoms. The fourth-order valence-electron chi connectivity index (χ4n) is 1.27.